The molecule has 2 rings (SSSR count). The third kappa shape index (κ3) is 3.04. The van der Waals surface area contributed by atoms with E-state index in [0.29, 0.717) is 12.1 Å². The second-order valence-electron chi connectivity index (χ2n) is 6.43. The van der Waals surface area contributed by atoms with Gasteiger partial charge in [0.2, 0.25) is 0 Å². The van der Waals surface area contributed by atoms with Gasteiger partial charge in [0.15, 0.2) is 0 Å². The minimum absolute atomic E-state index is 0.208. The van der Waals surface area contributed by atoms with Crippen LogP contribution in [-0.2, 0) is 6.54 Å². The smallest absolute Gasteiger partial charge is 0.141 e. The number of piperazine rings is 1. The quantitative estimate of drug-likeness (QED) is 0.897. The van der Waals surface area contributed by atoms with Gasteiger partial charge in [0.1, 0.15) is 12.2 Å². The molecule has 5 heteroatoms. The summed E-state index contributed by atoms with van der Waals surface area (Å²) in [5, 5.41) is 8.03. The van der Waals surface area contributed by atoms with Crippen molar-refractivity contribution in [2.45, 2.75) is 71.6 Å². The molecule has 1 N–H and O–H groups in total. The third-order valence-electron chi connectivity index (χ3n) is 4.70. The minimum Gasteiger partial charge on any atom is -0.311 e. The van der Waals surface area contributed by atoms with Gasteiger partial charge in [-0.1, -0.05) is 13.8 Å². The molecule has 114 valence electrons. The van der Waals surface area contributed by atoms with Crippen LogP contribution in [0.4, 0.5) is 0 Å². The number of nitrogens with one attached hydrogen (secondary N) is 1. The van der Waals surface area contributed by atoms with Crippen LogP contribution in [-0.4, -0.2) is 44.3 Å². The number of rotatable bonds is 5. The Labute approximate surface area is 122 Å². The molecule has 2 heterocycles. The van der Waals surface area contributed by atoms with Gasteiger partial charge in [0, 0.05) is 30.7 Å². The van der Waals surface area contributed by atoms with E-state index in [-0.39, 0.29) is 5.54 Å². The van der Waals surface area contributed by atoms with Crippen LogP contribution in [0.15, 0.2) is 6.33 Å². The summed E-state index contributed by atoms with van der Waals surface area (Å²) in [5.74, 6) is 1.08. The summed E-state index contributed by atoms with van der Waals surface area (Å²) in [4.78, 5) is 7.06. The van der Waals surface area contributed by atoms with Crippen molar-refractivity contribution in [2.75, 3.05) is 13.1 Å². The third-order valence-corrected chi connectivity index (χ3v) is 4.70. The maximum Gasteiger partial charge on any atom is 0.141 e. The van der Waals surface area contributed by atoms with E-state index in [0.717, 1.165) is 31.9 Å². The maximum absolute atomic E-state index is 4.47. The molecule has 1 aromatic rings. The van der Waals surface area contributed by atoms with Crippen LogP contribution < -0.4 is 5.32 Å². The van der Waals surface area contributed by atoms with E-state index in [1.807, 2.05) is 4.68 Å². The second kappa shape index (κ2) is 6.22. The molecule has 0 radical (unpaired) electrons. The van der Waals surface area contributed by atoms with Gasteiger partial charge in [-0.25, -0.2) is 9.67 Å². The molecule has 0 aliphatic carbocycles. The Balaban J connectivity index is 2.17. The highest BCUT2D eigenvalue weighted by Crippen LogP contribution is 2.25. The highest BCUT2D eigenvalue weighted by Gasteiger charge is 2.36. The second-order valence-corrected chi connectivity index (χ2v) is 6.43. The van der Waals surface area contributed by atoms with Gasteiger partial charge in [-0.3, -0.25) is 4.90 Å². The highest BCUT2D eigenvalue weighted by atomic mass is 15.4. The average Bonchev–Trinajstić information content (AvgIpc) is 2.89. The van der Waals surface area contributed by atoms with E-state index in [1.54, 1.807) is 6.33 Å². The van der Waals surface area contributed by atoms with E-state index in [9.17, 15) is 0 Å². The first-order valence-electron chi connectivity index (χ1n) is 7.87. The molecule has 0 saturated carbocycles. The van der Waals surface area contributed by atoms with Crippen LogP contribution in [0, 0.1) is 0 Å². The van der Waals surface area contributed by atoms with Crippen molar-refractivity contribution < 1.29 is 0 Å². The Bertz CT molecular complexity index is 428. The van der Waals surface area contributed by atoms with Crippen LogP contribution in [0.25, 0.3) is 0 Å². The van der Waals surface area contributed by atoms with Crippen LogP contribution in [0.5, 0.6) is 0 Å². The fourth-order valence-corrected chi connectivity index (χ4v) is 2.89. The lowest BCUT2D eigenvalue weighted by Gasteiger charge is -2.47. The van der Waals surface area contributed by atoms with E-state index in [2.05, 4.69) is 54.9 Å². The predicted molar refractivity (Wildman–Crippen MR) is 81.6 cm³/mol. The Morgan fingerprint density at radius 3 is 2.80 bits per heavy atom. The van der Waals surface area contributed by atoms with Gasteiger partial charge >= 0.3 is 0 Å². The van der Waals surface area contributed by atoms with Gasteiger partial charge in [-0.15, -0.1) is 0 Å². The van der Waals surface area contributed by atoms with E-state index < -0.39 is 0 Å². The topological polar surface area (TPSA) is 46.0 Å². The van der Waals surface area contributed by atoms with E-state index in [4.69, 9.17) is 0 Å². The lowest BCUT2D eigenvalue weighted by atomic mass is 9.91. The van der Waals surface area contributed by atoms with Crippen molar-refractivity contribution in [3.8, 4) is 0 Å². The molecule has 0 amide bonds. The molecule has 0 spiro atoms. The van der Waals surface area contributed by atoms with Crippen molar-refractivity contribution in [3.05, 3.63) is 12.2 Å². The normalized spacial score (nSPS) is 28.2. The minimum atomic E-state index is 0.208. The summed E-state index contributed by atoms with van der Waals surface area (Å²) in [6.45, 7) is 14.2. The summed E-state index contributed by atoms with van der Waals surface area (Å²) in [6.07, 6.45) is 4.00. The van der Waals surface area contributed by atoms with Crippen molar-refractivity contribution in [2.24, 2.45) is 0 Å². The summed E-state index contributed by atoms with van der Waals surface area (Å²) in [6, 6.07) is 0.954. The zero-order valence-electron chi connectivity index (χ0n) is 13.6. The summed E-state index contributed by atoms with van der Waals surface area (Å²) < 4.78 is 2.04. The van der Waals surface area contributed by atoms with Crippen LogP contribution in [0.3, 0.4) is 0 Å². The highest BCUT2D eigenvalue weighted by molar-refractivity contribution is 4.98. The Morgan fingerprint density at radius 2 is 2.20 bits per heavy atom. The molecular weight excluding hydrogens is 250 g/mol. The molecule has 2 atom stereocenters. The largest absolute Gasteiger partial charge is 0.311 e. The van der Waals surface area contributed by atoms with Crippen molar-refractivity contribution in [1.29, 1.82) is 0 Å². The van der Waals surface area contributed by atoms with Gasteiger partial charge in [0.25, 0.3) is 0 Å². The molecule has 0 bridgehead atoms. The molecule has 20 heavy (non-hydrogen) atoms. The summed E-state index contributed by atoms with van der Waals surface area (Å²) in [7, 11) is 0. The molecule has 1 aromatic heterocycles. The molecule has 0 aromatic carbocycles. The van der Waals surface area contributed by atoms with Crippen LogP contribution in [0.2, 0.25) is 0 Å². The number of hydrogen-bond donors (Lipinski definition) is 1. The van der Waals surface area contributed by atoms with Crippen LogP contribution >= 0.6 is 0 Å². The fourth-order valence-electron chi connectivity index (χ4n) is 2.89. The number of nitrogens with zero attached hydrogens (tertiary/aromatic N) is 4. The van der Waals surface area contributed by atoms with Crippen LogP contribution in [0.1, 0.15) is 59.3 Å². The number of aromatic nitrogens is 3. The molecule has 5 nitrogen and oxygen atoms in total. The maximum atomic E-state index is 4.47. The average molecular weight is 279 g/mol. The lowest BCUT2D eigenvalue weighted by molar-refractivity contribution is 0.0371. The summed E-state index contributed by atoms with van der Waals surface area (Å²) in [5.41, 5.74) is 0.208. The standard InChI is InChI=1S/C15H29N5/c1-6-13-8-19(15(5,7-2)10-16-13)9-14-17-11-18-20(14)12(3)4/h11-13,16H,6-10H2,1-5H3. The molecule has 1 aliphatic rings. The molecular formula is C15H29N5. The predicted octanol–water partition coefficient (Wildman–Crippen LogP) is 2.21. The molecule has 1 aliphatic heterocycles. The first-order valence-corrected chi connectivity index (χ1v) is 7.87. The monoisotopic (exact) mass is 279 g/mol. The molecule has 2 unspecified atom stereocenters. The summed E-state index contributed by atoms with van der Waals surface area (Å²) >= 11 is 0. The fraction of sp³-hybridized carbons (Fsp3) is 0.867. The Hall–Kier alpha value is -0.940. The molecule has 1 saturated heterocycles. The van der Waals surface area contributed by atoms with Gasteiger partial charge < -0.3 is 5.32 Å². The zero-order valence-corrected chi connectivity index (χ0v) is 13.6. The zero-order chi connectivity index (χ0) is 14.8. The van der Waals surface area contributed by atoms with E-state index in [1.165, 1.54) is 6.42 Å². The lowest BCUT2D eigenvalue weighted by Crippen LogP contribution is -2.62. The van der Waals surface area contributed by atoms with Gasteiger partial charge in [-0.2, -0.15) is 5.10 Å². The van der Waals surface area contributed by atoms with Gasteiger partial charge in [-0.05, 0) is 33.6 Å². The van der Waals surface area contributed by atoms with Crippen molar-refractivity contribution in [1.82, 2.24) is 25.0 Å². The Morgan fingerprint density at radius 1 is 1.45 bits per heavy atom. The van der Waals surface area contributed by atoms with Crippen molar-refractivity contribution in [3.63, 3.8) is 0 Å². The SMILES string of the molecule is CCC1CN(Cc2ncnn2C(C)C)C(C)(CC)CN1. The van der Waals surface area contributed by atoms with Crippen molar-refractivity contribution >= 4 is 0 Å². The number of hydrogen-bond acceptors (Lipinski definition) is 4. The van der Waals surface area contributed by atoms with E-state index >= 15 is 0 Å². The Kier molecular flexibility index (Phi) is 4.81. The first kappa shape index (κ1) is 15.4. The molecule has 1 fully saturated rings. The first-order chi connectivity index (χ1) is 9.50. The van der Waals surface area contributed by atoms with Gasteiger partial charge in [0.05, 0.1) is 6.54 Å².